The number of amides is 3. The van der Waals surface area contributed by atoms with Crippen LogP contribution in [0.4, 0.5) is 4.79 Å². The fraction of sp³-hybridized carbons (Fsp3) is 0.300. The van der Waals surface area contributed by atoms with Gasteiger partial charge in [-0.15, -0.1) is 0 Å². The van der Waals surface area contributed by atoms with Crippen molar-refractivity contribution < 1.29 is 19.1 Å². The summed E-state index contributed by atoms with van der Waals surface area (Å²) in [6.45, 7) is 4.83. The number of halogens is 1. The molecule has 1 saturated heterocycles. The summed E-state index contributed by atoms with van der Waals surface area (Å²) in [6, 6.07) is 10.8. The summed E-state index contributed by atoms with van der Waals surface area (Å²) in [4.78, 5) is 26.9. The predicted octanol–water partition coefficient (Wildman–Crippen LogP) is 3.50. The Morgan fingerprint density at radius 1 is 1.11 bits per heavy atom. The van der Waals surface area contributed by atoms with Crippen LogP contribution in [0, 0.1) is 6.92 Å². The first kappa shape index (κ1) is 17.9. The van der Waals surface area contributed by atoms with Crippen LogP contribution in [0.5, 0.6) is 11.5 Å². The normalized spacial score (nSPS) is 21.4. The van der Waals surface area contributed by atoms with Crippen molar-refractivity contribution in [1.29, 1.82) is 0 Å². The summed E-state index contributed by atoms with van der Waals surface area (Å²) in [5.41, 5.74) is 1.55. The van der Waals surface area contributed by atoms with Crippen molar-refractivity contribution in [3.8, 4) is 11.5 Å². The number of hydrogen-bond donors (Lipinski definition) is 1. The van der Waals surface area contributed by atoms with Crippen molar-refractivity contribution in [2.45, 2.75) is 25.9 Å². The number of ether oxygens (including phenoxy) is 2. The molecule has 0 aliphatic carbocycles. The minimum atomic E-state index is -1.08. The molecule has 1 unspecified atom stereocenters. The molecule has 2 aromatic carbocycles. The van der Waals surface area contributed by atoms with Crippen LogP contribution in [0.1, 0.15) is 23.6 Å². The van der Waals surface area contributed by atoms with Crippen LogP contribution < -0.4 is 14.8 Å². The molecule has 4 rings (SSSR count). The molecular formula is C20H19BrN2O4. The number of nitrogens with zero attached hydrogens (tertiary/aromatic N) is 1. The maximum atomic E-state index is 13.1. The molecule has 7 heteroatoms. The lowest BCUT2D eigenvalue weighted by atomic mass is 9.91. The molecule has 27 heavy (non-hydrogen) atoms. The highest BCUT2D eigenvalue weighted by atomic mass is 79.9. The van der Waals surface area contributed by atoms with Crippen molar-refractivity contribution in [3.63, 3.8) is 0 Å². The molecule has 2 aliphatic rings. The molecule has 0 saturated carbocycles. The maximum Gasteiger partial charge on any atom is 0.325 e. The number of hydrogen-bond acceptors (Lipinski definition) is 4. The van der Waals surface area contributed by atoms with E-state index in [4.69, 9.17) is 9.47 Å². The average molecular weight is 431 g/mol. The van der Waals surface area contributed by atoms with Crippen molar-refractivity contribution >= 4 is 27.9 Å². The average Bonchev–Trinajstić information content (AvgIpc) is 2.86. The molecule has 0 aromatic heterocycles. The van der Waals surface area contributed by atoms with Crippen LogP contribution >= 0.6 is 15.9 Å². The van der Waals surface area contributed by atoms with Gasteiger partial charge in [-0.05, 0) is 37.1 Å². The number of imide groups is 1. The molecule has 2 aliphatic heterocycles. The quantitative estimate of drug-likeness (QED) is 0.756. The van der Waals surface area contributed by atoms with Crippen LogP contribution in [-0.2, 0) is 16.9 Å². The molecule has 0 radical (unpaired) electrons. The molecule has 3 amide bonds. The third-order valence-electron chi connectivity index (χ3n) is 4.94. The highest BCUT2D eigenvalue weighted by molar-refractivity contribution is 9.10. The maximum absolute atomic E-state index is 13.1. The lowest BCUT2D eigenvalue weighted by Crippen LogP contribution is -2.40. The lowest BCUT2D eigenvalue weighted by Gasteiger charge is -2.23. The molecule has 0 bridgehead atoms. The summed E-state index contributed by atoms with van der Waals surface area (Å²) < 4.78 is 11.9. The summed E-state index contributed by atoms with van der Waals surface area (Å²) >= 11 is 3.50. The van der Waals surface area contributed by atoms with Gasteiger partial charge in [0.2, 0.25) is 0 Å². The van der Waals surface area contributed by atoms with Gasteiger partial charge < -0.3 is 14.8 Å². The Morgan fingerprint density at radius 3 is 2.41 bits per heavy atom. The molecule has 1 fully saturated rings. The molecule has 2 aromatic rings. The van der Waals surface area contributed by atoms with Gasteiger partial charge in [0.15, 0.2) is 11.5 Å². The van der Waals surface area contributed by atoms with Gasteiger partial charge in [-0.3, -0.25) is 9.69 Å². The monoisotopic (exact) mass is 430 g/mol. The van der Waals surface area contributed by atoms with Crippen molar-refractivity contribution in [3.05, 3.63) is 57.6 Å². The largest absolute Gasteiger partial charge is 0.486 e. The first-order valence-electron chi connectivity index (χ1n) is 8.68. The third-order valence-corrected chi connectivity index (χ3v) is 5.68. The van der Waals surface area contributed by atoms with E-state index in [-0.39, 0.29) is 12.5 Å². The Bertz CT molecular complexity index is 928. The Hall–Kier alpha value is -2.54. The van der Waals surface area contributed by atoms with E-state index in [1.807, 2.05) is 31.2 Å². The Morgan fingerprint density at radius 2 is 1.74 bits per heavy atom. The number of benzene rings is 2. The van der Waals surface area contributed by atoms with E-state index in [1.54, 1.807) is 19.1 Å². The van der Waals surface area contributed by atoms with E-state index in [0.29, 0.717) is 24.7 Å². The van der Waals surface area contributed by atoms with Gasteiger partial charge in [-0.2, -0.15) is 0 Å². The standard InChI is InChI=1S/C20H19BrN2O4/c1-12-3-5-14(6-4-12)20(2)18(24)23(19(25)22-20)11-13-9-16-17(10-15(13)21)27-8-7-26-16/h3-6,9-10H,7-8,11H2,1-2H3,(H,22,25). The first-order chi connectivity index (χ1) is 12.9. The highest BCUT2D eigenvalue weighted by Gasteiger charge is 2.49. The first-order valence-corrected chi connectivity index (χ1v) is 9.47. The second kappa shape index (κ2) is 6.56. The minimum absolute atomic E-state index is 0.142. The SMILES string of the molecule is Cc1ccc(C2(C)NC(=O)N(Cc3cc4c(cc3Br)OCCO4)C2=O)cc1. The van der Waals surface area contributed by atoms with Crippen LogP contribution in [0.15, 0.2) is 40.9 Å². The van der Waals surface area contributed by atoms with Crippen LogP contribution in [0.25, 0.3) is 0 Å². The van der Waals surface area contributed by atoms with Gasteiger partial charge in [-0.25, -0.2) is 4.79 Å². The topological polar surface area (TPSA) is 67.9 Å². The fourth-order valence-corrected chi connectivity index (χ4v) is 3.77. The summed E-state index contributed by atoms with van der Waals surface area (Å²) in [7, 11) is 0. The molecule has 1 N–H and O–H groups in total. The second-order valence-electron chi connectivity index (χ2n) is 6.90. The molecule has 6 nitrogen and oxygen atoms in total. The lowest BCUT2D eigenvalue weighted by molar-refractivity contribution is -0.131. The van der Waals surface area contributed by atoms with Crippen molar-refractivity contribution in [2.24, 2.45) is 0 Å². The van der Waals surface area contributed by atoms with E-state index in [9.17, 15) is 9.59 Å². The van der Waals surface area contributed by atoms with E-state index in [1.165, 1.54) is 4.90 Å². The number of urea groups is 1. The van der Waals surface area contributed by atoms with Crippen LogP contribution in [-0.4, -0.2) is 30.1 Å². The zero-order valence-corrected chi connectivity index (χ0v) is 16.6. The highest BCUT2D eigenvalue weighted by Crippen LogP contribution is 2.37. The fourth-order valence-electron chi connectivity index (χ4n) is 3.32. The van der Waals surface area contributed by atoms with Gasteiger partial charge in [0.25, 0.3) is 5.91 Å². The van der Waals surface area contributed by atoms with E-state index in [0.717, 1.165) is 21.2 Å². The smallest absolute Gasteiger partial charge is 0.325 e. The number of fused-ring (bicyclic) bond motifs is 1. The van der Waals surface area contributed by atoms with Gasteiger partial charge in [0.05, 0.1) is 6.54 Å². The third kappa shape index (κ3) is 3.06. The molecular weight excluding hydrogens is 412 g/mol. The Balaban J connectivity index is 1.62. The second-order valence-corrected chi connectivity index (χ2v) is 7.75. The predicted molar refractivity (Wildman–Crippen MR) is 103 cm³/mol. The summed E-state index contributed by atoms with van der Waals surface area (Å²) in [5.74, 6) is 0.990. The van der Waals surface area contributed by atoms with Crippen molar-refractivity contribution in [1.82, 2.24) is 10.2 Å². The molecule has 1 atom stereocenters. The van der Waals surface area contributed by atoms with E-state index in [2.05, 4.69) is 21.2 Å². The van der Waals surface area contributed by atoms with Gasteiger partial charge in [-0.1, -0.05) is 45.8 Å². The minimum Gasteiger partial charge on any atom is -0.486 e. The zero-order valence-electron chi connectivity index (χ0n) is 15.0. The van der Waals surface area contributed by atoms with E-state index < -0.39 is 11.6 Å². The Kier molecular flexibility index (Phi) is 4.34. The number of nitrogens with one attached hydrogen (secondary N) is 1. The van der Waals surface area contributed by atoms with Gasteiger partial charge in [0.1, 0.15) is 18.8 Å². The molecule has 140 valence electrons. The molecule has 2 heterocycles. The summed E-state index contributed by atoms with van der Waals surface area (Å²) in [5, 5.41) is 2.83. The van der Waals surface area contributed by atoms with E-state index >= 15 is 0 Å². The molecule has 0 spiro atoms. The number of aryl methyl sites for hydroxylation is 1. The number of carbonyl (C=O) groups is 2. The summed E-state index contributed by atoms with van der Waals surface area (Å²) in [6.07, 6.45) is 0. The zero-order chi connectivity index (χ0) is 19.2. The van der Waals surface area contributed by atoms with Gasteiger partial charge in [0, 0.05) is 4.47 Å². The number of carbonyl (C=O) groups excluding carboxylic acids is 2. The number of rotatable bonds is 3. The van der Waals surface area contributed by atoms with Crippen molar-refractivity contribution in [2.75, 3.05) is 13.2 Å². The van der Waals surface area contributed by atoms with Crippen LogP contribution in [0.2, 0.25) is 0 Å². The van der Waals surface area contributed by atoms with Gasteiger partial charge >= 0.3 is 6.03 Å². The Labute approximate surface area is 165 Å². The van der Waals surface area contributed by atoms with Crippen LogP contribution in [0.3, 0.4) is 0 Å².